The van der Waals surface area contributed by atoms with E-state index < -0.39 is 6.29 Å². The summed E-state index contributed by atoms with van der Waals surface area (Å²) >= 11 is 0. The molecule has 3 aromatic rings. The van der Waals surface area contributed by atoms with Crippen LogP contribution in [-0.4, -0.2) is 58.7 Å². The molecule has 1 aromatic heterocycles. The number of aromatic nitrogens is 1. The maximum absolute atomic E-state index is 13.1. The number of likely N-dealkylation sites (N-methyl/N-ethyl adjacent to an activating group) is 1. The minimum atomic E-state index is -0.400. The number of hydroxylamine groups is 1. The quantitative estimate of drug-likeness (QED) is 0.538. The minimum Gasteiger partial charge on any atom is -0.350 e. The maximum Gasteiger partial charge on any atom is 0.326 e. The lowest BCUT2D eigenvalue weighted by Crippen LogP contribution is -2.56. The van der Waals surface area contributed by atoms with Gasteiger partial charge in [-0.3, -0.25) is 14.5 Å². The molecule has 2 fully saturated rings. The number of ether oxygens (including phenoxy) is 1. The highest BCUT2D eigenvalue weighted by Gasteiger charge is 2.44. The molecule has 0 radical (unpaired) electrons. The molecular formula is C28H30N4O5. The molecule has 2 bridgehead atoms. The summed E-state index contributed by atoms with van der Waals surface area (Å²) in [5.41, 5.74) is 8.18. The fourth-order valence-electron chi connectivity index (χ4n) is 5.66. The van der Waals surface area contributed by atoms with E-state index in [9.17, 15) is 14.4 Å². The molecule has 3 aliphatic rings. The molecule has 4 heterocycles. The van der Waals surface area contributed by atoms with E-state index in [0.717, 1.165) is 52.5 Å². The number of benzene rings is 2. The smallest absolute Gasteiger partial charge is 0.326 e. The molecule has 2 atom stereocenters. The number of carbonyl (C=O) groups is 3. The number of carbonyl (C=O) groups excluding carboxylic acids is 3. The standard InChI is InChI=1S/C28H30N4O5/c1-17-6-11-22-20(13-17)25-21-15-31(28(35)30(2)27(21)34)16-23(25)32(22)14-18-7-9-19(10-8-18)26(33)29-37-24-5-3-4-12-36-24/h6-11,13,21,24H,3-5,12,14-16H2,1-2H3,(H,29,33). The van der Waals surface area contributed by atoms with Crippen molar-refractivity contribution >= 4 is 28.7 Å². The topological polar surface area (TPSA) is 93.1 Å². The van der Waals surface area contributed by atoms with E-state index in [-0.39, 0.29) is 23.8 Å². The Hall–Kier alpha value is -3.69. The molecule has 9 nitrogen and oxygen atoms in total. The van der Waals surface area contributed by atoms with Crippen molar-refractivity contribution in [3.8, 4) is 0 Å². The molecule has 6 rings (SSSR count). The fraction of sp³-hybridized carbons (Fsp3) is 0.393. The molecule has 1 N–H and O–H groups in total. The van der Waals surface area contributed by atoms with E-state index in [1.54, 1.807) is 24.1 Å². The summed E-state index contributed by atoms with van der Waals surface area (Å²) < 4.78 is 7.69. The van der Waals surface area contributed by atoms with Gasteiger partial charge >= 0.3 is 6.03 Å². The van der Waals surface area contributed by atoms with E-state index in [1.165, 1.54) is 4.90 Å². The van der Waals surface area contributed by atoms with Crippen molar-refractivity contribution in [2.75, 3.05) is 20.2 Å². The predicted molar refractivity (Wildman–Crippen MR) is 136 cm³/mol. The number of nitrogens with one attached hydrogen (secondary N) is 1. The number of amides is 4. The van der Waals surface area contributed by atoms with Gasteiger partial charge in [0.2, 0.25) is 5.91 Å². The highest BCUT2D eigenvalue weighted by Crippen LogP contribution is 2.41. The van der Waals surface area contributed by atoms with Gasteiger partial charge in [0.25, 0.3) is 5.91 Å². The zero-order chi connectivity index (χ0) is 25.7. The van der Waals surface area contributed by atoms with Crippen LogP contribution in [0.25, 0.3) is 10.9 Å². The van der Waals surface area contributed by atoms with Gasteiger partial charge in [0.15, 0.2) is 6.29 Å². The molecule has 192 valence electrons. The molecule has 2 aromatic carbocycles. The number of aryl methyl sites for hydroxylation is 1. The van der Waals surface area contributed by atoms with Crippen molar-refractivity contribution in [3.05, 3.63) is 70.4 Å². The lowest BCUT2D eigenvalue weighted by atomic mass is 9.89. The SMILES string of the molecule is Cc1ccc2c(c1)c1c(n2Cc2ccc(C(=O)NOC3CCCCO3)cc2)CN2CC1C(=O)N(C)C2=O. The first-order valence-corrected chi connectivity index (χ1v) is 12.8. The first-order valence-electron chi connectivity index (χ1n) is 12.8. The van der Waals surface area contributed by atoms with Crippen LogP contribution in [0.4, 0.5) is 4.79 Å². The summed E-state index contributed by atoms with van der Waals surface area (Å²) in [6, 6.07) is 13.4. The third-order valence-corrected chi connectivity index (χ3v) is 7.63. The Balaban J connectivity index is 1.28. The Bertz CT molecular complexity index is 1390. The van der Waals surface area contributed by atoms with Gasteiger partial charge in [0, 0.05) is 55.3 Å². The van der Waals surface area contributed by atoms with Gasteiger partial charge in [-0.25, -0.2) is 15.1 Å². The first-order chi connectivity index (χ1) is 17.9. The van der Waals surface area contributed by atoms with Gasteiger partial charge in [-0.15, -0.1) is 0 Å². The van der Waals surface area contributed by atoms with Crippen molar-refractivity contribution in [2.24, 2.45) is 0 Å². The number of imide groups is 1. The van der Waals surface area contributed by atoms with Gasteiger partial charge in [-0.1, -0.05) is 23.8 Å². The lowest BCUT2D eigenvalue weighted by molar-refractivity contribution is -0.186. The lowest BCUT2D eigenvalue weighted by Gasteiger charge is -2.41. The summed E-state index contributed by atoms with van der Waals surface area (Å²) in [5.74, 6) is -0.836. The molecule has 2 saturated heterocycles. The fourth-order valence-corrected chi connectivity index (χ4v) is 5.66. The third-order valence-electron chi connectivity index (χ3n) is 7.63. The zero-order valence-electron chi connectivity index (χ0n) is 21.0. The Labute approximate surface area is 214 Å². The third kappa shape index (κ3) is 4.18. The maximum atomic E-state index is 13.1. The van der Waals surface area contributed by atoms with Gasteiger partial charge in [0.05, 0.1) is 12.5 Å². The van der Waals surface area contributed by atoms with Crippen molar-refractivity contribution in [1.29, 1.82) is 0 Å². The second-order valence-electron chi connectivity index (χ2n) is 10.1. The first kappa shape index (κ1) is 23.7. The Morgan fingerprint density at radius 3 is 2.70 bits per heavy atom. The van der Waals surface area contributed by atoms with E-state index in [0.29, 0.717) is 31.8 Å². The molecule has 3 aliphatic heterocycles. The number of hydrogen-bond acceptors (Lipinski definition) is 5. The van der Waals surface area contributed by atoms with Crippen LogP contribution < -0.4 is 5.48 Å². The van der Waals surface area contributed by atoms with Crippen LogP contribution in [0.5, 0.6) is 0 Å². The van der Waals surface area contributed by atoms with Crippen LogP contribution in [0.3, 0.4) is 0 Å². The van der Waals surface area contributed by atoms with Gasteiger partial charge in [-0.2, -0.15) is 0 Å². The van der Waals surface area contributed by atoms with Gasteiger partial charge in [-0.05, 0) is 55.2 Å². The zero-order valence-corrected chi connectivity index (χ0v) is 21.0. The molecular weight excluding hydrogens is 472 g/mol. The Kier molecular flexibility index (Phi) is 5.97. The number of rotatable bonds is 5. The van der Waals surface area contributed by atoms with Crippen molar-refractivity contribution in [2.45, 2.75) is 51.5 Å². The van der Waals surface area contributed by atoms with Crippen LogP contribution in [0.1, 0.15) is 57.9 Å². The average Bonchev–Trinajstić information content (AvgIpc) is 3.22. The predicted octanol–water partition coefficient (Wildman–Crippen LogP) is 3.68. The normalized spacial score (nSPS) is 21.4. The summed E-state index contributed by atoms with van der Waals surface area (Å²) in [7, 11) is 1.56. The second kappa shape index (κ2) is 9.32. The number of fused-ring (bicyclic) bond motifs is 6. The van der Waals surface area contributed by atoms with E-state index in [1.807, 2.05) is 19.1 Å². The molecule has 9 heteroatoms. The van der Waals surface area contributed by atoms with E-state index in [2.05, 4.69) is 28.2 Å². The van der Waals surface area contributed by atoms with Crippen LogP contribution in [0.15, 0.2) is 42.5 Å². The minimum absolute atomic E-state index is 0.154. The summed E-state index contributed by atoms with van der Waals surface area (Å²) in [4.78, 5) is 46.7. The summed E-state index contributed by atoms with van der Waals surface area (Å²) in [6.07, 6.45) is 2.39. The molecule has 0 spiro atoms. The van der Waals surface area contributed by atoms with Gasteiger partial charge < -0.3 is 14.2 Å². The van der Waals surface area contributed by atoms with Crippen molar-refractivity contribution < 1.29 is 24.0 Å². The van der Waals surface area contributed by atoms with Crippen LogP contribution in [-0.2, 0) is 27.5 Å². The second-order valence-corrected chi connectivity index (χ2v) is 10.1. The average molecular weight is 503 g/mol. The Morgan fingerprint density at radius 1 is 1.14 bits per heavy atom. The molecule has 4 amide bonds. The van der Waals surface area contributed by atoms with Crippen LogP contribution in [0, 0.1) is 6.92 Å². The number of nitrogens with zero attached hydrogens (tertiary/aromatic N) is 3. The highest BCUT2D eigenvalue weighted by molar-refractivity contribution is 6.04. The molecule has 0 aliphatic carbocycles. The summed E-state index contributed by atoms with van der Waals surface area (Å²) in [6.45, 7) is 4.12. The Morgan fingerprint density at radius 2 is 1.95 bits per heavy atom. The van der Waals surface area contributed by atoms with E-state index in [4.69, 9.17) is 9.57 Å². The number of hydrogen-bond donors (Lipinski definition) is 1. The van der Waals surface area contributed by atoms with Crippen LogP contribution >= 0.6 is 0 Å². The van der Waals surface area contributed by atoms with Gasteiger partial charge in [0.1, 0.15) is 0 Å². The van der Waals surface area contributed by atoms with Crippen LogP contribution in [0.2, 0.25) is 0 Å². The monoisotopic (exact) mass is 502 g/mol. The number of urea groups is 1. The summed E-state index contributed by atoms with van der Waals surface area (Å²) in [5, 5.41) is 1.06. The molecule has 0 saturated carbocycles. The van der Waals surface area contributed by atoms with E-state index >= 15 is 0 Å². The van der Waals surface area contributed by atoms with Crippen molar-refractivity contribution in [1.82, 2.24) is 19.8 Å². The molecule has 37 heavy (non-hydrogen) atoms. The largest absolute Gasteiger partial charge is 0.350 e. The highest BCUT2D eigenvalue weighted by atomic mass is 16.8. The molecule has 2 unspecified atom stereocenters. The van der Waals surface area contributed by atoms with Crippen molar-refractivity contribution in [3.63, 3.8) is 0 Å².